The molecule has 2 fully saturated rings. The van der Waals surface area contributed by atoms with Crippen molar-refractivity contribution in [2.45, 2.75) is 12.7 Å². The van der Waals surface area contributed by atoms with Crippen molar-refractivity contribution in [3.05, 3.63) is 54.1 Å². The number of hydrogen-bond donors (Lipinski definition) is 0. The fourth-order valence-corrected chi connectivity index (χ4v) is 4.57. The van der Waals surface area contributed by atoms with Gasteiger partial charge in [0.15, 0.2) is 0 Å². The van der Waals surface area contributed by atoms with Crippen LogP contribution in [0.25, 0.3) is 11.0 Å². The number of aromatic nitrogens is 3. The van der Waals surface area contributed by atoms with Crippen molar-refractivity contribution in [3.8, 4) is 5.75 Å². The number of pyridine rings is 1. The average Bonchev–Trinajstić information content (AvgIpc) is 3.01. The van der Waals surface area contributed by atoms with Gasteiger partial charge in [-0.3, -0.25) is 9.88 Å². The molecule has 0 spiro atoms. The van der Waals surface area contributed by atoms with Crippen LogP contribution in [0.5, 0.6) is 5.75 Å². The molecule has 1 aromatic carbocycles. The molecule has 1 aliphatic heterocycles. The highest BCUT2D eigenvalue weighted by atomic mass is 19.4. The van der Waals surface area contributed by atoms with Crippen molar-refractivity contribution in [3.63, 3.8) is 0 Å². The van der Waals surface area contributed by atoms with Crippen LogP contribution in [0.3, 0.4) is 0 Å². The summed E-state index contributed by atoms with van der Waals surface area (Å²) >= 11 is 0. The molecule has 2 aliphatic rings. The Labute approximate surface area is 166 Å². The summed E-state index contributed by atoms with van der Waals surface area (Å²) in [7, 11) is 2.01. The lowest BCUT2D eigenvalue weighted by atomic mass is 10.2. The summed E-state index contributed by atoms with van der Waals surface area (Å²) in [4.78, 5) is 11.2. The van der Waals surface area contributed by atoms with E-state index in [2.05, 4.69) is 19.4 Å². The lowest BCUT2D eigenvalue weighted by Gasteiger charge is -2.19. The smallest absolute Gasteiger partial charge is 0.419 e. The number of alkyl halides is 3. The normalized spacial score (nSPS) is 24.1. The summed E-state index contributed by atoms with van der Waals surface area (Å²) in [6.07, 6.45) is -0.860. The van der Waals surface area contributed by atoms with E-state index in [1.807, 2.05) is 13.1 Å². The first-order valence-electron chi connectivity index (χ1n) is 9.68. The third-order valence-corrected chi connectivity index (χ3v) is 6.21. The van der Waals surface area contributed by atoms with Crippen molar-refractivity contribution >= 4 is 11.0 Å². The van der Waals surface area contributed by atoms with Gasteiger partial charge in [0.1, 0.15) is 17.1 Å². The SMILES string of the molecule is Cn1c(CN2C[C@@H]3C(COc4ccccc4C(F)(F)F)[C@@H]3C2)nc2cnccc21. The summed E-state index contributed by atoms with van der Waals surface area (Å²) in [5.74, 6) is 2.24. The van der Waals surface area contributed by atoms with Crippen LogP contribution in [-0.2, 0) is 19.8 Å². The molecule has 3 aromatic rings. The van der Waals surface area contributed by atoms with Gasteiger partial charge in [-0.1, -0.05) is 12.1 Å². The fraction of sp³-hybridized carbons (Fsp3) is 0.429. The largest absolute Gasteiger partial charge is 0.493 e. The molecule has 1 saturated heterocycles. The number of halogens is 3. The first-order valence-corrected chi connectivity index (χ1v) is 9.68. The van der Waals surface area contributed by atoms with Crippen molar-refractivity contribution in [1.82, 2.24) is 19.4 Å². The lowest BCUT2D eigenvalue weighted by molar-refractivity contribution is -0.139. The number of imidazole rings is 1. The van der Waals surface area contributed by atoms with Gasteiger partial charge in [0.2, 0.25) is 0 Å². The van der Waals surface area contributed by atoms with Crippen molar-refractivity contribution < 1.29 is 17.9 Å². The number of hydrogen-bond acceptors (Lipinski definition) is 4. The van der Waals surface area contributed by atoms with Gasteiger partial charge >= 0.3 is 6.18 Å². The topological polar surface area (TPSA) is 43.2 Å². The van der Waals surface area contributed by atoms with Crippen LogP contribution < -0.4 is 4.74 Å². The number of piperidine rings is 1. The van der Waals surface area contributed by atoms with Crippen molar-refractivity contribution in [2.75, 3.05) is 19.7 Å². The Morgan fingerprint density at radius 2 is 1.90 bits per heavy atom. The molecule has 1 aliphatic carbocycles. The maximum atomic E-state index is 13.1. The van der Waals surface area contributed by atoms with Gasteiger partial charge < -0.3 is 9.30 Å². The van der Waals surface area contributed by atoms with E-state index >= 15 is 0 Å². The van der Waals surface area contributed by atoms with E-state index in [9.17, 15) is 13.2 Å². The highest BCUT2D eigenvalue weighted by Crippen LogP contribution is 2.52. The van der Waals surface area contributed by atoms with Crippen LogP contribution in [0.15, 0.2) is 42.7 Å². The lowest BCUT2D eigenvalue weighted by Crippen LogP contribution is -2.26. The summed E-state index contributed by atoms with van der Waals surface area (Å²) in [6.45, 7) is 2.97. The van der Waals surface area contributed by atoms with Crippen molar-refractivity contribution in [1.29, 1.82) is 0 Å². The molecule has 0 radical (unpaired) electrons. The minimum Gasteiger partial charge on any atom is -0.493 e. The minimum absolute atomic E-state index is 0.0739. The Balaban J connectivity index is 1.18. The van der Waals surface area contributed by atoms with Crippen molar-refractivity contribution in [2.24, 2.45) is 24.8 Å². The molecule has 2 aromatic heterocycles. The number of nitrogens with zero attached hydrogens (tertiary/aromatic N) is 4. The molecule has 0 N–H and O–H groups in total. The number of benzene rings is 1. The Morgan fingerprint density at radius 1 is 1.14 bits per heavy atom. The predicted molar refractivity (Wildman–Crippen MR) is 101 cm³/mol. The molecule has 5 nitrogen and oxygen atoms in total. The van der Waals surface area contributed by atoms with E-state index < -0.39 is 11.7 Å². The average molecular weight is 402 g/mol. The first-order chi connectivity index (χ1) is 13.9. The number of ether oxygens (including phenoxy) is 1. The molecule has 1 unspecified atom stereocenters. The molecule has 0 bridgehead atoms. The zero-order chi connectivity index (χ0) is 20.2. The number of likely N-dealkylation sites (tertiary alicyclic amines) is 1. The van der Waals surface area contributed by atoms with E-state index in [0.29, 0.717) is 24.4 Å². The fourth-order valence-electron chi connectivity index (χ4n) is 4.57. The zero-order valence-electron chi connectivity index (χ0n) is 15.9. The van der Waals surface area contributed by atoms with Crippen LogP contribution >= 0.6 is 0 Å². The second-order valence-corrected chi connectivity index (χ2v) is 7.94. The Morgan fingerprint density at radius 3 is 2.62 bits per heavy atom. The van der Waals surface area contributed by atoms with E-state index in [-0.39, 0.29) is 5.75 Å². The highest BCUT2D eigenvalue weighted by molar-refractivity contribution is 5.74. The Bertz CT molecular complexity index is 1040. The highest BCUT2D eigenvalue weighted by Gasteiger charge is 2.55. The van der Waals surface area contributed by atoms with E-state index in [1.165, 1.54) is 12.1 Å². The van der Waals surface area contributed by atoms with Gasteiger partial charge in [-0.15, -0.1) is 0 Å². The van der Waals surface area contributed by atoms with Crippen LogP contribution in [0, 0.1) is 17.8 Å². The van der Waals surface area contributed by atoms with Gasteiger partial charge in [-0.2, -0.15) is 13.2 Å². The van der Waals surface area contributed by atoms with E-state index in [1.54, 1.807) is 18.5 Å². The van der Waals surface area contributed by atoms with Crippen LogP contribution in [-0.4, -0.2) is 39.1 Å². The molecular weight excluding hydrogens is 381 g/mol. The first kappa shape index (κ1) is 18.4. The molecule has 0 amide bonds. The summed E-state index contributed by atoms with van der Waals surface area (Å²) in [5.41, 5.74) is 1.25. The van der Waals surface area contributed by atoms with Gasteiger partial charge in [0, 0.05) is 32.3 Å². The maximum Gasteiger partial charge on any atom is 0.419 e. The molecule has 5 rings (SSSR count). The van der Waals surface area contributed by atoms with Crippen LogP contribution in [0.1, 0.15) is 11.4 Å². The van der Waals surface area contributed by atoms with Gasteiger partial charge in [-0.05, 0) is 30.0 Å². The number of fused-ring (bicyclic) bond motifs is 2. The quantitative estimate of drug-likeness (QED) is 0.652. The third kappa shape index (κ3) is 3.35. The van der Waals surface area contributed by atoms with Gasteiger partial charge in [0.25, 0.3) is 0 Å². The monoisotopic (exact) mass is 402 g/mol. The Hall–Kier alpha value is -2.61. The van der Waals surface area contributed by atoms with Crippen LogP contribution in [0.2, 0.25) is 0 Å². The van der Waals surface area contributed by atoms with Gasteiger partial charge in [-0.25, -0.2) is 4.98 Å². The number of para-hydroxylation sites is 1. The van der Waals surface area contributed by atoms with Crippen LogP contribution in [0.4, 0.5) is 13.2 Å². The van der Waals surface area contributed by atoms with E-state index in [0.717, 1.165) is 42.6 Å². The second kappa shape index (κ2) is 6.73. The molecule has 152 valence electrons. The standard InChI is InChI=1S/C21H21F3N4O/c1-27-18-6-7-25-8-17(18)26-20(27)11-28-9-13-14(10-28)15(13)12-29-19-5-3-2-4-16(19)21(22,23)24/h2-8,13-15H,9-12H2,1H3/t13-,14+,15?. The molecule has 29 heavy (non-hydrogen) atoms. The summed E-state index contributed by atoms with van der Waals surface area (Å²) < 4.78 is 46.9. The maximum absolute atomic E-state index is 13.1. The van der Waals surface area contributed by atoms with Gasteiger partial charge in [0.05, 0.1) is 30.4 Å². The zero-order valence-corrected chi connectivity index (χ0v) is 15.9. The molecule has 8 heteroatoms. The van der Waals surface area contributed by atoms with E-state index in [4.69, 9.17) is 4.74 Å². The number of rotatable bonds is 5. The number of aryl methyl sites for hydroxylation is 1. The summed E-state index contributed by atoms with van der Waals surface area (Å²) in [5, 5.41) is 0. The summed E-state index contributed by atoms with van der Waals surface area (Å²) in [6, 6.07) is 7.38. The molecular formula is C21H21F3N4O. The molecule has 3 atom stereocenters. The molecule has 3 heterocycles. The second-order valence-electron chi connectivity index (χ2n) is 7.94. The third-order valence-electron chi connectivity index (χ3n) is 6.21. The Kier molecular flexibility index (Phi) is 4.27. The molecule has 1 saturated carbocycles. The predicted octanol–water partition coefficient (Wildman–Crippen LogP) is 3.74. The minimum atomic E-state index is -4.39.